The molecule has 0 bridgehead atoms. The highest BCUT2D eigenvalue weighted by Gasteiger charge is 2.25. The first-order valence-corrected chi connectivity index (χ1v) is 8.96. The van der Waals surface area contributed by atoms with Crippen LogP contribution in [0.5, 0.6) is 0 Å². The maximum Gasteiger partial charge on any atom is 0.274 e. The van der Waals surface area contributed by atoms with Crippen LogP contribution in [0.2, 0.25) is 0 Å². The molecule has 1 aliphatic rings. The molecule has 23 heavy (non-hydrogen) atoms. The first-order chi connectivity index (χ1) is 10.9. The minimum atomic E-state index is -3.70. The minimum Gasteiger partial charge on any atom is -0.338 e. The predicted octanol–water partition coefficient (Wildman–Crippen LogP) is -0.0204. The highest BCUT2D eigenvalue weighted by Crippen LogP contribution is 2.18. The Morgan fingerprint density at radius 3 is 3.04 bits per heavy atom. The number of nitrogens with two attached hydrogens (primary N) is 1. The molecule has 3 heterocycles. The fraction of sp³-hybridized carbons (Fsp3) is 0.429. The molecule has 3 N–H and O–H groups in total. The molecule has 1 unspecified atom stereocenters. The Kier molecular flexibility index (Phi) is 4.33. The van der Waals surface area contributed by atoms with Gasteiger partial charge in [-0.1, -0.05) is 0 Å². The molecular weight excluding hydrogens is 318 g/mol. The molecule has 0 spiro atoms. The van der Waals surface area contributed by atoms with E-state index in [0.29, 0.717) is 18.7 Å². The van der Waals surface area contributed by atoms with Crippen molar-refractivity contribution in [3.63, 3.8) is 0 Å². The van der Waals surface area contributed by atoms with E-state index in [2.05, 4.69) is 9.71 Å². The SMILES string of the molecule is NS(=O)(=O)NCC1CCCN(C(=O)c2ccc3nccn3c2)C1. The minimum absolute atomic E-state index is 0.0547. The van der Waals surface area contributed by atoms with E-state index >= 15 is 0 Å². The van der Waals surface area contributed by atoms with E-state index in [4.69, 9.17) is 5.14 Å². The van der Waals surface area contributed by atoms with Crippen molar-refractivity contribution in [2.24, 2.45) is 11.1 Å². The van der Waals surface area contributed by atoms with Gasteiger partial charge in [-0.2, -0.15) is 8.42 Å². The zero-order chi connectivity index (χ0) is 16.4. The molecule has 0 aromatic carbocycles. The largest absolute Gasteiger partial charge is 0.338 e. The second-order valence-corrected chi connectivity index (χ2v) is 7.14. The normalized spacial score (nSPS) is 19.2. The summed E-state index contributed by atoms with van der Waals surface area (Å²) in [6.07, 6.45) is 6.94. The van der Waals surface area contributed by atoms with Gasteiger partial charge in [0.25, 0.3) is 16.1 Å². The average Bonchev–Trinajstić information content (AvgIpc) is 2.99. The average molecular weight is 337 g/mol. The third-order valence-corrected chi connectivity index (χ3v) is 4.58. The van der Waals surface area contributed by atoms with Gasteiger partial charge in [-0.15, -0.1) is 0 Å². The van der Waals surface area contributed by atoms with Crippen LogP contribution >= 0.6 is 0 Å². The summed E-state index contributed by atoms with van der Waals surface area (Å²) in [4.78, 5) is 18.6. The smallest absolute Gasteiger partial charge is 0.274 e. The van der Waals surface area contributed by atoms with Crippen LogP contribution in [0.15, 0.2) is 30.7 Å². The molecule has 2 aromatic heterocycles. The quantitative estimate of drug-likeness (QED) is 0.817. The number of aromatic nitrogens is 2. The molecule has 3 rings (SSSR count). The Balaban J connectivity index is 1.68. The van der Waals surface area contributed by atoms with Crippen LogP contribution in [-0.4, -0.2) is 48.2 Å². The van der Waals surface area contributed by atoms with Gasteiger partial charge in [0.1, 0.15) is 5.65 Å². The van der Waals surface area contributed by atoms with Crippen molar-refractivity contribution in [1.29, 1.82) is 0 Å². The molecule has 0 aliphatic carbocycles. The van der Waals surface area contributed by atoms with Gasteiger partial charge >= 0.3 is 0 Å². The lowest BCUT2D eigenvalue weighted by molar-refractivity contribution is 0.0676. The molecule has 0 radical (unpaired) electrons. The third-order valence-electron chi connectivity index (χ3n) is 4.02. The van der Waals surface area contributed by atoms with E-state index in [1.807, 2.05) is 0 Å². The molecule has 9 heteroatoms. The van der Waals surface area contributed by atoms with E-state index in [9.17, 15) is 13.2 Å². The molecule has 1 aliphatic heterocycles. The van der Waals surface area contributed by atoms with Crippen molar-refractivity contribution in [2.75, 3.05) is 19.6 Å². The number of pyridine rings is 1. The molecule has 1 saturated heterocycles. The number of imidazole rings is 1. The van der Waals surface area contributed by atoms with Gasteiger partial charge in [0.2, 0.25) is 0 Å². The Hall–Kier alpha value is -1.97. The van der Waals surface area contributed by atoms with Crippen LogP contribution in [0.4, 0.5) is 0 Å². The lowest BCUT2D eigenvalue weighted by Crippen LogP contribution is -2.44. The van der Waals surface area contributed by atoms with Gasteiger partial charge in [0.05, 0.1) is 5.56 Å². The highest BCUT2D eigenvalue weighted by molar-refractivity contribution is 7.87. The first-order valence-electron chi connectivity index (χ1n) is 7.42. The number of carbonyl (C=O) groups is 1. The van der Waals surface area contributed by atoms with E-state index in [0.717, 1.165) is 18.5 Å². The van der Waals surface area contributed by atoms with Crippen LogP contribution in [0.3, 0.4) is 0 Å². The zero-order valence-corrected chi connectivity index (χ0v) is 13.4. The van der Waals surface area contributed by atoms with Crippen LogP contribution in [0.25, 0.3) is 5.65 Å². The summed E-state index contributed by atoms with van der Waals surface area (Å²) < 4.78 is 26.1. The number of likely N-dealkylation sites (tertiary alicyclic amines) is 1. The van der Waals surface area contributed by atoms with E-state index in [1.54, 1.807) is 40.0 Å². The zero-order valence-electron chi connectivity index (χ0n) is 12.6. The summed E-state index contributed by atoms with van der Waals surface area (Å²) in [6.45, 7) is 1.44. The molecule has 1 amide bonds. The predicted molar refractivity (Wildman–Crippen MR) is 84.9 cm³/mol. The van der Waals surface area contributed by atoms with Crippen molar-refractivity contribution >= 4 is 21.8 Å². The van der Waals surface area contributed by atoms with Crippen molar-refractivity contribution in [3.05, 3.63) is 36.3 Å². The fourth-order valence-electron chi connectivity index (χ4n) is 2.88. The Morgan fingerprint density at radius 2 is 2.26 bits per heavy atom. The van der Waals surface area contributed by atoms with Crippen LogP contribution in [0, 0.1) is 5.92 Å². The molecule has 8 nitrogen and oxygen atoms in total. The molecular formula is C14H19N5O3S. The van der Waals surface area contributed by atoms with Crippen LogP contribution < -0.4 is 9.86 Å². The standard InChI is InChI=1S/C14H19N5O3S/c15-23(21,22)17-8-11-2-1-6-19(9-11)14(20)12-3-4-13-16-5-7-18(13)10-12/h3-5,7,10-11,17H,1-2,6,8-9H2,(H2,15,21,22). The molecule has 0 saturated carbocycles. The monoisotopic (exact) mass is 337 g/mol. The first kappa shape index (κ1) is 15.9. The summed E-state index contributed by atoms with van der Waals surface area (Å²) in [6, 6.07) is 3.56. The van der Waals surface area contributed by atoms with E-state index in [-0.39, 0.29) is 18.4 Å². The summed E-state index contributed by atoms with van der Waals surface area (Å²) >= 11 is 0. The number of nitrogens with one attached hydrogen (secondary N) is 1. The fourth-order valence-corrected chi connectivity index (χ4v) is 3.35. The number of amides is 1. The number of hydrogen-bond acceptors (Lipinski definition) is 4. The number of piperidine rings is 1. The Morgan fingerprint density at radius 1 is 1.43 bits per heavy atom. The number of nitrogens with zero attached hydrogens (tertiary/aromatic N) is 3. The maximum absolute atomic E-state index is 12.6. The molecule has 1 fully saturated rings. The topological polar surface area (TPSA) is 110 Å². The number of carbonyl (C=O) groups excluding carboxylic acids is 1. The van der Waals surface area contributed by atoms with Gasteiger partial charge in [-0.25, -0.2) is 14.8 Å². The van der Waals surface area contributed by atoms with Gasteiger partial charge in [0.15, 0.2) is 0 Å². The molecule has 1 atom stereocenters. The second-order valence-electron chi connectivity index (χ2n) is 5.76. The summed E-state index contributed by atoms with van der Waals surface area (Å²) in [5.41, 5.74) is 1.38. The van der Waals surface area contributed by atoms with Crippen LogP contribution in [-0.2, 0) is 10.2 Å². The summed E-state index contributed by atoms with van der Waals surface area (Å²) in [7, 11) is -3.70. The summed E-state index contributed by atoms with van der Waals surface area (Å²) in [5.74, 6) is 0.0175. The van der Waals surface area contributed by atoms with Crippen molar-refractivity contribution in [1.82, 2.24) is 19.0 Å². The van der Waals surface area contributed by atoms with Crippen LogP contribution in [0.1, 0.15) is 23.2 Å². The van der Waals surface area contributed by atoms with Gasteiger partial charge in [-0.05, 0) is 30.9 Å². The molecule has 2 aromatic rings. The lowest BCUT2D eigenvalue weighted by atomic mass is 9.98. The van der Waals surface area contributed by atoms with Gasteiger partial charge in [0, 0.05) is 38.2 Å². The van der Waals surface area contributed by atoms with Gasteiger partial charge < -0.3 is 9.30 Å². The Bertz CT molecular complexity index is 817. The van der Waals surface area contributed by atoms with Crippen molar-refractivity contribution < 1.29 is 13.2 Å². The Labute approximate surface area is 134 Å². The second kappa shape index (κ2) is 6.26. The number of hydrogen-bond donors (Lipinski definition) is 2. The molecule has 124 valence electrons. The van der Waals surface area contributed by atoms with Gasteiger partial charge in [-0.3, -0.25) is 4.79 Å². The summed E-state index contributed by atoms with van der Waals surface area (Å²) in [5, 5.41) is 4.95. The number of rotatable bonds is 4. The van der Waals surface area contributed by atoms with E-state index < -0.39 is 10.2 Å². The highest BCUT2D eigenvalue weighted by atomic mass is 32.2. The van der Waals surface area contributed by atoms with Crippen molar-refractivity contribution in [2.45, 2.75) is 12.8 Å². The van der Waals surface area contributed by atoms with E-state index in [1.165, 1.54) is 0 Å². The third kappa shape index (κ3) is 3.87. The lowest BCUT2D eigenvalue weighted by Gasteiger charge is -2.32. The maximum atomic E-state index is 12.6. The van der Waals surface area contributed by atoms with Crippen molar-refractivity contribution in [3.8, 4) is 0 Å². The number of fused-ring (bicyclic) bond motifs is 1.